The second kappa shape index (κ2) is 13.4. The number of benzene rings is 2. The van der Waals surface area contributed by atoms with Gasteiger partial charge in [-0.2, -0.15) is 0 Å². The Labute approximate surface area is 203 Å². The van der Waals surface area contributed by atoms with E-state index in [0.717, 1.165) is 30.0 Å². The Morgan fingerprint density at radius 1 is 0.935 bits per heavy atom. The predicted octanol–water partition coefficient (Wildman–Crippen LogP) is 3.95. The summed E-state index contributed by atoms with van der Waals surface area (Å²) in [5.74, 6) is 1.94. The minimum atomic E-state index is 0. The second-order valence-corrected chi connectivity index (χ2v) is 7.72. The Morgan fingerprint density at radius 3 is 2.26 bits per heavy atom. The van der Waals surface area contributed by atoms with E-state index in [0.29, 0.717) is 19.0 Å². The van der Waals surface area contributed by atoms with Crippen LogP contribution in [0.2, 0.25) is 0 Å². The maximum Gasteiger partial charge on any atom is 0.188 e. The van der Waals surface area contributed by atoms with Crippen molar-refractivity contribution in [3.05, 3.63) is 59.2 Å². The van der Waals surface area contributed by atoms with E-state index >= 15 is 0 Å². The van der Waals surface area contributed by atoms with Crippen LogP contribution in [0.5, 0.6) is 11.5 Å². The molecule has 1 fully saturated rings. The number of aliphatic imine (C=N–C) groups is 1. The number of halogens is 1. The summed E-state index contributed by atoms with van der Waals surface area (Å²) in [6.45, 7) is 4.78. The van der Waals surface area contributed by atoms with Crippen molar-refractivity contribution in [2.75, 3.05) is 33.9 Å². The number of rotatable bonds is 9. The van der Waals surface area contributed by atoms with E-state index in [9.17, 15) is 0 Å². The summed E-state index contributed by atoms with van der Waals surface area (Å²) >= 11 is 0. The van der Waals surface area contributed by atoms with Crippen LogP contribution in [-0.4, -0.2) is 44.7 Å². The lowest BCUT2D eigenvalue weighted by Gasteiger charge is -2.26. The van der Waals surface area contributed by atoms with E-state index in [-0.39, 0.29) is 24.0 Å². The fraction of sp³-hybridized carbons (Fsp3) is 0.458. The zero-order chi connectivity index (χ0) is 21.2. The van der Waals surface area contributed by atoms with Gasteiger partial charge in [0.05, 0.1) is 20.8 Å². The highest BCUT2D eigenvalue weighted by Crippen LogP contribution is 2.27. The fourth-order valence-electron chi connectivity index (χ4n) is 3.73. The number of guanidine groups is 1. The Morgan fingerprint density at radius 2 is 1.58 bits per heavy atom. The number of piperidine rings is 1. The molecule has 2 aromatic carbocycles. The van der Waals surface area contributed by atoms with Crippen molar-refractivity contribution < 1.29 is 9.47 Å². The average Bonchev–Trinajstić information content (AvgIpc) is 2.79. The molecule has 0 radical (unpaired) electrons. The van der Waals surface area contributed by atoms with Gasteiger partial charge in [-0.3, -0.25) is 4.90 Å². The lowest BCUT2D eigenvalue weighted by molar-refractivity contribution is 0.221. The molecule has 0 atom stereocenters. The zero-order valence-electron chi connectivity index (χ0n) is 18.6. The Kier molecular flexibility index (Phi) is 10.9. The van der Waals surface area contributed by atoms with Gasteiger partial charge in [-0.1, -0.05) is 36.8 Å². The third-order valence-electron chi connectivity index (χ3n) is 5.48. The van der Waals surface area contributed by atoms with E-state index in [4.69, 9.17) is 15.2 Å². The van der Waals surface area contributed by atoms with Crippen LogP contribution in [0.3, 0.4) is 0 Å². The summed E-state index contributed by atoms with van der Waals surface area (Å²) in [7, 11) is 3.28. The molecule has 0 saturated carbocycles. The van der Waals surface area contributed by atoms with E-state index in [1.165, 1.54) is 43.5 Å². The Bertz CT molecular complexity index is 821. The minimum Gasteiger partial charge on any atom is -0.493 e. The number of hydrogen-bond donors (Lipinski definition) is 2. The van der Waals surface area contributed by atoms with Gasteiger partial charge in [-0.25, -0.2) is 4.99 Å². The molecule has 0 spiro atoms. The molecule has 0 unspecified atom stereocenters. The van der Waals surface area contributed by atoms with Crippen molar-refractivity contribution in [2.24, 2.45) is 10.7 Å². The molecule has 3 rings (SSSR count). The largest absolute Gasteiger partial charge is 0.493 e. The van der Waals surface area contributed by atoms with Gasteiger partial charge in [0, 0.05) is 13.1 Å². The normalized spacial score (nSPS) is 14.6. The second-order valence-electron chi connectivity index (χ2n) is 7.72. The van der Waals surface area contributed by atoms with Crippen LogP contribution < -0.4 is 20.5 Å². The van der Waals surface area contributed by atoms with Crippen molar-refractivity contribution in [3.63, 3.8) is 0 Å². The quantitative estimate of drug-likeness (QED) is 0.288. The lowest BCUT2D eigenvalue weighted by Crippen LogP contribution is -2.33. The monoisotopic (exact) mass is 538 g/mol. The zero-order valence-corrected chi connectivity index (χ0v) is 20.9. The molecule has 0 bridgehead atoms. The first-order valence-corrected chi connectivity index (χ1v) is 10.7. The van der Waals surface area contributed by atoms with Crippen LogP contribution in [0.15, 0.2) is 47.5 Å². The van der Waals surface area contributed by atoms with Gasteiger partial charge < -0.3 is 20.5 Å². The summed E-state index contributed by atoms with van der Waals surface area (Å²) < 4.78 is 10.6. The average molecular weight is 538 g/mol. The molecule has 170 valence electrons. The molecule has 31 heavy (non-hydrogen) atoms. The maximum atomic E-state index is 6.03. The van der Waals surface area contributed by atoms with Gasteiger partial charge in [0.15, 0.2) is 17.5 Å². The smallest absolute Gasteiger partial charge is 0.188 e. The highest BCUT2D eigenvalue weighted by atomic mass is 127. The highest BCUT2D eigenvalue weighted by Gasteiger charge is 2.10. The molecular formula is C24H35IN4O2. The van der Waals surface area contributed by atoms with E-state index in [2.05, 4.69) is 39.5 Å². The van der Waals surface area contributed by atoms with Crippen LogP contribution in [-0.2, 0) is 19.5 Å². The number of ether oxygens (including phenoxy) is 2. The molecule has 1 heterocycles. The summed E-state index contributed by atoms with van der Waals surface area (Å²) in [5, 5.41) is 3.18. The van der Waals surface area contributed by atoms with Crippen molar-refractivity contribution in [1.82, 2.24) is 10.2 Å². The van der Waals surface area contributed by atoms with Gasteiger partial charge in [-0.05, 0) is 61.2 Å². The number of nitrogens with one attached hydrogen (secondary N) is 1. The molecule has 0 aliphatic carbocycles. The maximum absolute atomic E-state index is 6.03. The van der Waals surface area contributed by atoms with Crippen molar-refractivity contribution in [2.45, 2.75) is 38.8 Å². The Hall–Kier alpha value is -2.00. The number of nitrogens with zero attached hydrogens (tertiary/aromatic N) is 2. The van der Waals surface area contributed by atoms with Gasteiger partial charge >= 0.3 is 0 Å². The van der Waals surface area contributed by atoms with Crippen LogP contribution in [0.25, 0.3) is 0 Å². The van der Waals surface area contributed by atoms with Crippen LogP contribution >= 0.6 is 24.0 Å². The summed E-state index contributed by atoms with van der Waals surface area (Å²) in [6.07, 6.45) is 4.84. The van der Waals surface area contributed by atoms with E-state index in [1.54, 1.807) is 14.2 Å². The van der Waals surface area contributed by atoms with E-state index < -0.39 is 0 Å². The highest BCUT2D eigenvalue weighted by molar-refractivity contribution is 14.0. The van der Waals surface area contributed by atoms with Crippen LogP contribution in [0, 0.1) is 0 Å². The SMILES string of the molecule is COc1ccc(CCNC(N)=NCc2ccc(CN3CCCCC3)cc2)cc1OC.I. The van der Waals surface area contributed by atoms with Gasteiger partial charge in [0.25, 0.3) is 0 Å². The van der Waals surface area contributed by atoms with Crippen molar-refractivity contribution in [1.29, 1.82) is 0 Å². The van der Waals surface area contributed by atoms with Crippen LogP contribution in [0.1, 0.15) is 36.0 Å². The van der Waals surface area contributed by atoms with Gasteiger partial charge in [-0.15, -0.1) is 24.0 Å². The third kappa shape index (κ3) is 8.22. The van der Waals surface area contributed by atoms with Gasteiger partial charge in [0.1, 0.15) is 0 Å². The molecule has 0 aromatic heterocycles. The number of hydrogen-bond acceptors (Lipinski definition) is 4. The standard InChI is InChI=1S/C24H34N4O2.HI/c1-29-22-11-10-19(16-23(22)30-2)12-13-26-24(25)27-17-20-6-8-21(9-7-20)18-28-14-4-3-5-15-28;/h6-11,16H,3-5,12-15,17-18H2,1-2H3,(H3,25,26,27);1H. The number of nitrogens with two attached hydrogens (primary N) is 1. The van der Waals surface area contributed by atoms with Crippen LogP contribution in [0.4, 0.5) is 0 Å². The summed E-state index contributed by atoms with van der Waals surface area (Å²) in [4.78, 5) is 7.00. The van der Waals surface area contributed by atoms with Crippen molar-refractivity contribution >= 4 is 29.9 Å². The Balaban J connectivity index is 0.00000341. The molecule has 7 heteroatoms. The third-order valence-corrected chi connectivity index (χ3v) is 5.48. The molecule has 1 aliphatic rings. The lowest BCUT2D eigenvalue weighted by atomic mass is 10.1. The summed E-state index contributed by atoms with van der Waals surface area (Å²) in [6, 6.07) is 14.7. The molecule has 1 saturated heterocycles. The molecule has 0 amide bonds. The fourth-order valence-corrected chi connectivity index (χ4v) is 3.73. The van der Waals surface area contributed by atoms with E-state index in [1.807, 2.05) is 18.2 Å². The number of likely N-dealkylation sites (tertiary alicyclic amines) is 1. The molecule has 6 nitrogen and oxygen atoms in total. The molecular weight excluding hydrogens is 503 g/mol. The number of methoxy groups -OCH3 is 2. The molecule has 3 N–H and O–H groups in total. The first kappa shape index (κ1) is 25.3. The summed E-state index contributed by atoms with van der Waals surface area (Å²) in [5.41, 5.74) is 9.71. The van der Waals surface area contributed by atoms with Gasteiger partial charge in [0.2, 0.25) is 0 Å². The van der Waals surface area contributed by atoms with Crippen molar-refractivity contribution in [3.8, 4) is 11.5 Å². The first-order chi connectivity index (χ1) is 14.7. The predicted molar refractivity (Wildman–Crippen MR) is 138 cm³/mol. The minimum absolute atomic E-state index is 0. The first-order valence-electron chi connectivity index (χ1n) is 10.7. The molecule has 2 aromatic rings. The topological polar surface area (TPSA) is 72.1 Å². The molecule has 1 aliphatic heterocycles.